The summed E-state index contributed by atoms with van der Waals surface area (Å²) in [5, 5.41) is 12.6. The second-order valence-electron chi connectivity index (χ2n) is 5.03. The minimum atomic E-state index is 0.399. The van der Waals surface area contributed by atoms with Crippen LogP contribution in [0.2, 0.25) is 0 Å². The summed E-state index contributed by atoms with van der Waals surface area (Å²) in [4.78, 5) is 0. The van der Waals surface area contributed by atoms with Crippen LogP contribution in [0.5, 0.6) is 11.5 Å². The van der Waals surface area contributed by atoms with Gasteiger partial charge in [-0.05, 0) is 26.0 Å². The number of thioether (sulfide) groups is 1. The Kier molecular flexibility index (Phi) is 4.75. The molecule has 0 saturated heterocycles. The van der Waals surface area contributed by atoms with Crippen molar-refractivity contribution in [3.63, 3.8) is 0 Å². The standard InChI is InChI=1S/C16H17N3O4S/c1-9-13(10(2)23-19-9)8-24-16-18-17-15(22-16)12-6-5-11(20-3)7-14(12)21-4/h5-7H,8H2,1-4H3. The van der Waals surface area contributed by atoms with Crippen LogP contribution in [0.15, 0.2) is 32.4 Å². The summed E-state index contributed by atoms with van der Waals surface area (Å²) in [7, 11) is 3.19. The van der Waals surface area contributed by atoms with Gasteiger partial charge in [0.1, 0.15) is 17.3 Å². The van der Waals surface area contributed by atoms with Crippen LogP contribution in [0.25, 0.3) is 11.5 Å². The molecule has 0 N–H and O–H groups in total. The molecule has 0 spiro atoms. The molecule has 0 saturated carbocycles. The first-order valence-electron chi connectivity index (χ1n) is 7.22. The van der Waals surface area contributed by atoms with Crippen LogP contribution in [-0.2, 0) is 5.75 Å². The number of ether oxygens (including phenoxy) is 2. The van der Waals surface area contributed by atoms with E-state index in [4.69, 9.17) is 18.4 Å². The maximum Gasteiger partial charge on any atom is 0.277 e. The third kappa shape index (κ3) is 3.23. The van der Waals surface area contributed by atoms with Gasteiger partial charge < -0.3 is 18.4 Å². The fourth-order valence-electron chi connectivity index (χ4n) is 2.19. The first-order valence-corrected chi connectivity index (χ1v) is 8.21. The Morgan fingerprint density at radius 3 is 2.62 bits per heavy atom. The van der Waals surface area contributed by atoms with Crippen molar-refractivity contribution in [2.75, 3.05) is 14.2 Å². The number of nitrogens with zero attached hydrogens (tertiary/aromatic N) is 3. The summed E-state index contributed by atoms with van der Waals surface area (Å²) in [6, 6.07) is 5.42. The van der Waals surface area contributed by atoms with Gasteiger partial charge in [0.05, 0.1) is 25.5 Å². The SMILES string of the molecule is COc1ccc(-c2nnc(SCc3c(C)noc3C)o2)c(OC)c1. The van der Waals surface area contributed by atoms with Gasteiger partial charge in [-0.3, -0.25) is 0 Å². The first kappa shape index (κ1) is 16.4. The van der Waals surface area contributed by atoms with E-state index in [-0.39, 0.29) is 0 Å². The molecular weight excluding hydrogens is 330 g/mol. The highest BCUT2D eigenvalue weighted by molar-refractivity contribution is 7.98. The van der Waals surface area contributed by atoms with Crippen LogP contribution < -0.4 is 9.47 Å². The number of aryl methyl sites for hydroxylation is 2. The summed E-state index contributed by atoms with van der Waals surface area (Å²) in [6.45, 7) is 3.80. The lowest BCUT2D eigenvalue weighted by molar-refractivity contribution is 0.392. The van der Waals surface area contributed by atoms with Crippen LogP contribution in [0.1, 0.15) is 17.0 Å². The van der Waals surface area contributed by atoms with E-state index in [1.807, 2.05) is 26.0 Å². The van der Waals surface area contributed by atoms with Crippen molar-refractivity contribution in [1.29, 1.82) is 0 Å². The zero-order chi connectivity index (χ0) is 17.1. The van der Waals surface area contributed by atoms with E-state index >= 15 is 0 Å². The Morgan fingerprint density at radius 1 is 1.12 bits per heavy atom. The molecule has 0 bridgehead atoms. The number of hydrogen-bond donors (Lipinski definition) is 0. The molecule has 2 heterocycles. The Hall–Kier alpha value is -2.48. The lowest BCUT2D eigenvalue weighted by atomic mass is 10.2. The Morgan fingerprint density at radius 2 is 1.96 bits per heavy atom. The molecule has 0 aliphatic heterocycles. The van der Waals surface area contributed by atoms with Crippen LogP contribution >= 0.6 is 11.8 Å². The highest BCUT2D eigenvalue weighted by atomic mass is 32.2. The zero-order valence-electron chi connectivity index (χ0n) is 13.8. The number of rotatable bonds is 6. The minimum Gasteiger partial charge on any atom is -0.497 e. The smallest absolute Gasteiger partial charge is 0.277 e. The van der Waals surface area contributed by atoms with Gasteiger partial charge in [-0.15, -0.1) is 10.2 Å². The average molecular weight is 347 g/mol. The van der Waals surface area contributed by atoms with Gasteiger partial charge in [-0.25, -0.2) is 0 Å². The van der Waals surface area contributed by atoms with E-state index in [0.29, 0.717) is 28.4 Å². The molecule has 0 unspecified atom stereocenters. The number of methoxy groups -OCH3 is 2. The van der Waals surface area contributed by atoms with Gasteiger partial charge in [-0.2, -0.15) is 0 Å². The largest absolute Gasteiger partial charge is 0.497 e. The van der Waals surface area contributed by atoms with E-state index in [9.17, 15) is 0 Å². The molecule has 3 rings (SSSR count). The molecule has 1 aromatic carbocycles. The molecule has 2 aromatic heterocycles. The van der Waals surface area contributed by atoms with E-state index in [2.05, 4.69) is 15.4 Å². The quantitative estimate of drug-likeness (QED) is 0.625. The van der Waals surface area contributed by atoms with Crippen molar-refractivity contribution in [3.05, 3.63) is 35.2 Å². The fraction of sp³-hybridized carbons (Fsp3) is 0.312. The summed E-state index contributed by atoms with van der Waals surface area (Å²) >= 11 is 1.44. The van der Waals surface area contributed by atoms with E-state index < -0.39 is 0 Å². The third-order valence-electron chi connectivity index (χ3n) is 3.57. The summed E-state index contributed by atoms with van der Waals surface area (Å²) in [6.07, 6.45) is 0. The highest BCUT2D eigenvalue weighted by Gasteiger charge is 2.16. The zero-order valence-corrected chi connectivity index (χ0v) is 14.6. The molecule has 7 nitrogen and oxygen atoms in total. The van der Waals surface area contributed by atoms with Crippen LogP contribution in [0.4, 0.5) is 0 Å². The van der Waals surface area contributed by atoms with Gasteiger partial charge in [0.2, 0.25) is 0 Å². The highest BCUT2D eigenvalue weighted by Crippen LogP contribution is 2.34. The Bertz CT molecular complexity index is 824. The van der Waals surface area contributed by atoms with Gasteiger partial charge in [0, 0.05) is 17.4 Å². The van der Waals surface area contributed by atoms with Gasteiger partial charge in [0.25, 0.3) is 11.1 Å². The maximum absolute atomic E-state index is 5.73. The lowest BCUT2D eigenvalue weighted by Crippen LogP contribution is -1.90. The number of aromatic nitrogens is 3. The minimum absolute atomic E-state index is 0.399. The van der Waals surface area contributed by atoms with Crippen molar-refractivity contribution >= 4 is 11.8 Å². The monoisotopic (exact) mass is 347 g/mol. The normalized spacial score (nSPS) is 10.8. The van der Waals surface area contributed by atoms with Crippen molar-refractivity contribution in [1.82, 2.24) is 15.4 Å². The van der Waals surface area contributed by atoms with Crippen LogP contribution in [0, 0.1) is 13.8 Å². The van der Waals surface area contributed by atoms with Crippen LogP contribution in [-0.4, -0.2) is 29.6 Å². The molecule has 0 radical (unpaired) electrons. The molecule has 24 heavy (non-hydrogen) atoms. The second-order valence-corrected chi connectivity index (χ2v) is 5.96. The molecule has 0 amide bonds. The van der Waals surface area contributed by atoms with Gasteiger partial charge >= 0.3 is 0 Å². The molecule has 3 aromatic rings. The fourth-order valence-corrected chi connectivity index (χ4v) is 3.11. The number of hydrogen-bond acceptors (Lipinski definition) is 8. The molecule has 126 valence electrons. The second kappa shape index (κ2) is 6.96. The molecule has 8 heteroatoms. The Balaban J connectivity index is 1.78. The molecule has 0 aliphatic rings. The summed E-state index contributed by atoms with van der Waals surface area (Å²) in [5.74, 6) is 3.17. The Labute approximate surface area is 143 Å². The van der Waals surface area contributed by atoms with Gasteiger partial charge in [-0.1, -0.05) is 16.9 Å². The van der Waals surface area contributed by atoms with Crippen molar-refractivity contribution < 1.29 is 18.4 Å². The maximum atomic E-state index is 5.73. The topological polar surface area (TPSA) is 83.4 Å². The summed E-state index contributed by atoms with van der Waals surface area (Å²) in [5.41, 5.74) is 2.63. The molecule has 0 atom stereocenters. The average Bonchev–Trinajstić information content (AvgIpc) is 3.19. The van der Waals surface area contributed by atoms with Crippen LogP contribution in [0.3, 0.4) is 0 Å². The number of benzene rings is 1. The van der Waals surface area contributed by atoms with E-state index in [1.165, 1.54) is 11.8 Å². The van der Waals surface area contributed by atoms with E-state index in [0.717, 1.165) is 22.6 Å². The van der Waals surface area contributed by atoms with E-state index in [1.54, 1.807) is 20.3 Å². The third-order valence-corrected chi connectivity index (χ3v) is 4.41. The van der Waals surface area contributed by atoms with Crippen molar-refractivity contribution in [2.45, 2.75) is 24.8 Å². The predicted molar refractivity (Wildman–Crippen MR) is 88.4 cm³/mol. The summed E-state index contributed by atoms with van der Waals surface area (Å²) < 4.78 is 21.4. The van der Waals surface area contributed by atoms with Crippen molar-refractivity contribution in [2.24, 2.45) is 0 Å². The molecule has 0 fully saturated rings. The first-order chi connectivity index (χ1) is 11.6. The molecular formula is C16H17N3O4S. The molecule has 0 aliphatic carbocycles. The van der Waals surface area contributed by atoms with Crippen molar-refractivity contribution in [3.8, 4) is 23.0 Å². The van der Waals surface area contributed by atoms with Gasteiger partial charge in [0.15, 0.2) is 0 Å². The predicted octanol–water partition coefficient (Wildman–Crippen LogP) is 3.65. The lowest BCUT2D eigenvalue weighted by Gasteiger charge is -2.07.